The number of carboxylic acid groups (broad SMARTS) is 1. The van der Waals surface area contributed by atoms with Crippen molar-refractivity contribution in [1.29, 1.82) is 0 Å². The number of carboxylic acids is 1. The van der Waals surface area contributed by atoms with E-state index in [0.29, 0.717) is 25.3 Å². The lowest BCUT2D eigenvalue weighted by molar-refractivity contribution is -0.123. The standard InChI is InChI=1S/C27H36N4O4/c1-4-7-10-24-28-18-22(31(24)19-20-11-13-21(14-12-20)26(33)34)17-23-25(32)30(16-9-6-3)27(35)29(23)15-8-5-2/h11-14,17-18H,4-10,15-16,19H2,1-3H3,(H,33,34)/b23-17+. The summed E-state index contributed by atoms with van der Waals surface area (Å²) in [6.45, 7) is 7.64. The molecule has 0 atom stereocenters. The first kappa shape index (κ1) is 26.2. The first-order valence-corrected chi connectivity index (χ1v) is 12.6. The summed E-state index contributed by atoms with van der Waals surface area (Å²) in [4.78, 5) is 45.1. The first-order chi connectivity index (χ1) is 16.9. The van der Waals surface area contributed by atoms with E-state index in [1.807, 2.05) is 6.92 Å². The molecule has 0 unspecified atom stereocenters. The lowest BCUT2D eigenvalue weighted by atomic mass is 10.1. The second kappa shape index (κ2) is 12.3. The van der Waals surface area contributed by atoms with Crippen LogP contribution in [0.5, 0.6) is 0 Å². The largest absolute Gasteiger partial charge is 0.478 e. The van der Waals surface area contributed by atoms with E-state index in [1.54, 1.807) is 41.4 Å². The Labute approximate surface area is 207 Å². The highest BCUT2D eigenvalue weighted by molar-refractivity contribution is 6.13. The van der Waals surface area contributed by atoms with Crippen molar-refractivity contribution in [3.05, 3.63) is 58.8 Å². The molecule has 0 spiro atoms. The van der Waals surface area contributed by atoms with Gasteiger partial charge in [0.2, 0.25) is 0 Å². The number of nitrogens with zero attached hydrogens (tertiary/aromatic N) is 4. The Morgan fingerprint density at radius 3 is 2.17 bits per heavy atom. The Kier molecular flexibility index (Phi) is 9.23. The number of hydrogen-bond donors (Lipinski definition) is 1. The monoisotopic (exact) mass is 480 g/mol. The Bertz CT molecular complexity index is 1070. The number of hydrogen-bond acceptors (Lipinski definition) is 4. The van der Waals surface area contributed by atoms with Crippen molar-refractivity contribution in [3.63, 3.8) is 0 Å². The van der Waals surface area contributed by atoms with Gasteiger partial charge in [-0.15, -0.1) is 0 Å². The van der Waals surface area contributed by atoms with Crippen LogP contribution in [0.1, 0.15) is 86.7 Å². The Morgan fingerprint density at radius 1 is 0.943 bits per heavy atom. The number of aromatic carboxylic acids is 1. The van der Waals surface area contributed by atoms with Gasteiger partial charge in [-0.2, -0.15) is 0 Å². The van der Waals surface area contributed by atoms with Gasteiger partial charge in [0.1, 0.15) is 11.5 Å². The fourth-order valence-corrected chi connectivity index (χ4v) is 4.11. The van der Waals surface area contributed by atoms with Crippen LogP contribution in [0.2, 0.25) is 0 Å². The third kappa shape index (κ3) is 6.18. The van der Waals surface area contributed by atoms with Crippen molar-refractivity contribution in [2.45, 2.75) is 72.3 Å². The van der Waals surface area contributed by atoms with Gasteiger partial charge in [0.15, 0.2) is 0 Å². The molecule has 1 aromatic carbocycles. The summed E-state index contributed by atoms with van der Waals surface area (Å²) >= 11 is 0. The van der Waals surface area contributed by atoms with E-state index >= 15 is 0 Å². The minimum Gasteiger partial charge on any atom is -0.478 e. The average molecular weight is 481 g/mol. The highest BCUT2D eigenvalue weighted by atomic mass is 16.4. The van der Waals surface area contributed by atoms with E-state index in [4.69, 9.17) is 0 Å². The lowest BCUT2D eigenvalue weighted by Crippen LogP contribution is -2.34. The van der Waals surface area contributed by atoms with Gasteiger partial charge < -0.3 is 9.67 Å². The van der Waals surface area contributed by atoms with Crippen LogP contribution in [0.4, 0.5) is 4.79 Å². The minimum atomic E-state index is -0.961. The Balaban J connectivity index is 1.98. The van der Waals surface area contributed by atoms with Gasteiger partial charge in [-0.1, -0.05) is 52.2 Å². The topological polar surface area (TPSA) is 95.7 Å². The molecule has 1 aromatic heterocycles. The Morgan fingerprint density at radius 2 is 1.57 bits per heavy atom. The SMILES string of the molecule is CCCCc1ncc(/C=C2\C(=O)N(CCCC)C(=O)N2CCCC)n1Cc1ccc(C(=O)O)cc1. The van der Waals surface area contributed by atoms with Gasteiger partial charge in [-0.25, -0.2) is 14.6 Å². The highest BCUT2D eigenvalue weighted by Gasteiger charge is 2.40. The molecule has 0 bridgehead atoms. The van der Waals surface area contributed by atoms with Crippen LogP contribution in [0.15, 0.2) is 36.2 Å². The summed E-state index contributed by atoms with van der Waals surface area (Å²) in [6.07, 6.45) is 9.76. The molecule has 8 heteroatoms. The molecule has 0 saturated carbocycles. The molecule has 1 aliphatic rings. The Hall–Kier alpha value is -3.42. The number of imidazole rings is 1. The second-order valence-corrected chi connectivity index (χ2v) is 8.92. The summed E-state index contributed by atoms with van der Waals surface area (Å²) in [5.41, 5.74) is 2.32. The lowest BCUT2D eigenvalue weighted by Gasteiger charge is -2.17. The summed E-state index contributed by atoms with van der Waals surface area (Å²) in [6, 6.07) is 6.54. The molecule has 3 amide bonds. The molecule has 0 aliphatic carbocycles. The van der Waals surface area contributed by atoms with Crippen LogP contribution in [0.3, 0.4) is 0 Å². The molecule has 0 radical (unpaired) electrons. The van der Waals surface area contributed by atoms with Gasteiger partial charge in [-0.3, -0.25) is 14.6 Å². The number of aryl methyl sites for hydroxylation is 1. The second-order valence-electron chi connectivity index (χ2n) is 8.92. The molecule has 1 fully saturated rings. The summed E-state index contributed by atoms with van der Waals surface area (Å²) in [5, 5.41) is 9.19. The normalized spacial score (nSPS) is 15.0. The number of rotatable bonds is 13. The molecule has 2 aromatic rings. The predicted octanol–water partition coefficient (Wildman–Crippen LogP) is 5.18. The molecule has 8 nitrogen and oxygen atoms in total. The van der Waals surface area contributed by atoms with Crippen LogP contribution < -0.4 is 0 Å². The maximum absolute atomic E-state index is 13.3. The maximum atomic E-state index is 13.3. The van der Waals surface area contributed by atoms with Crippen LogP contribution in [-0.2, 0) is 17.8 Å². The van der Waals surface area contributed by atoms with Gasteiger partial charge in [0.25, 0.3) is 5.91 Å². The number of carbonyl (C=O) groups excluding carboxylic acids is 2. The number of aromatic nitrogens is 2. The zero-order valence-electron chi connectivity index (χ0n) is 21.0. The van der Waals surface area contributed by atoms with Crippen molar-refractivity contribution >= 4 is 24.0 Å². The number of urea groups is 1. The molecule has 1 aliphatic heterocycles. The van der Waals surface area contributed by atoms with Crippen molar-refractivity contribution < 1.29 is 19.5 Å². The molecular formula is C27H36N4O4. The fourth-order valence-electron chi connectivity index (χ4n) is 4.11. The maximum Gasteiger partial charge on any atom is 0.335 e. The van der Waals surface area contributed by atoms with E-state index in [9.17, 15) is 19.5 Å². The first-order valence-electron chi connectivity index (χ1n) is 12.6. The van der Waals surface area contributed by atoms with E-state index in [1.165, 1.54) is 4.90 Å². The van der Waals surface area contributed by atoms with Crippen molar-refractivity contribution in [2.24, 2.45) is 0 Å². The highest BCUT2D eigenvalue weighted by Crippen LogP contribution is 2.26. The van der Waals surface area contributed by atoms with Crippen molar-refractivity contribution in [1.82, 2.24) is 19.4 Å². The quantitative estimate of drug-likeness (QED) is 0.315. The number of benzene rings is 1. The van der Waals surface area contributed by atoms with Crippen LogP contribution in [-0.4, -0.2) is 55.5 Å². The predicted molar refractivity (Wildman–Crippen MR) is 135 cm³/mol. The molecule has 1 N–H and O–H groups in total. The van der Waals surface area contributed by atoms with E-state index in [0.717, 1.165) is 62.0 Å². The van der Waals surface area contributed by atoms with Gasteiger partial charge in [-0.05, 0) is 43.0 Å². The summed E-state index contributed by atoms with van der Waals surface area (Å²) in [7, 11) is 0. The summed E-state index contributed by atoms with van der Waals surface area (Å²) < 4.78 is 2.06. The zero-order valence-corrected chi connectivity index (χ0v) is 21.0. The third-order valence-corrected chi connectivity index (χ3v) is 6.24. The molecule has 188 valence electrons. The van der Waals surface area contributed by atoms with E-state index in [2.05, 4.69) is 23.4 Å². The third-order valence-electron chi connectivity index (χ3n) is 6.24. The number of unbranched alkanes of at least 4 members (excludes halogenated alkanes) is 3. The van der Waals surface area contributed by atoms with Gasteiger partial charge >= 0.3 is 12.0 Å². The van der Waals surface area contributed by atoms with Crippen LogP contribution in [0.25, 0.3) is 6.08 Å². The molecule has 1 saturated heterocycles. The fraction of sp³-hybridized carbons (Fsp3) is 0.481. The van der Waals surface area contributed by atoms with Crippen molar-refractivity contribution in [2.75, 3.05) is 13.1 Å². The molecule has 35 heavy (non-hydrogen) atoms. The van der Waals surface area contributed by atoms with Crippen LogP contribution >= 0.6 is 0 Å². The molecule has 2 heterocycles. The molecular weight excluding hydrogens is 444 g/mol. The summed E-state index contributed by atoms with van der Waals surface area (Å²) in [5.74, 6) is -0.314. The molecule has 3 rings (SSSR count). The smallest absolute Gasteiger partial charge is 0.335 e. The van der Waals surface area contributed by atoms with E-state index < -0.39 is 5.97 Å². The van der Waals surface area contributed by atoms with Gasteiger partial charge in [0, 0.05) is 26.1 Å². The van der Waals surface area contributed by atoms with Crippen LogP contribution in [0, 0.1) is 0 Å². The minimum absolute atomic E-state index is 0.238. The van der Waals surface area contributed by atoms with Crippen molar-refractivity contribution in [3.8, 4) is 0 Å². The number of carbonyl (C=O) groups is 3. The number of imide groups is 1. The van der Waals surface area contributed by atoms with E-state index in [-0.39, 0.29) is 17.5 Å². The zero-order chi connectivity index (χ0) is 25.4. The number of amides is 3. The average Bonchev–Trinajstić information content (AvgIpc) is 3.32. The van der Waals surface area contributed by atoms with Gasteiger partial charge in [0.05, 0.1) is 17.5 Å².